The van der Waals surface area contributed by atoms with Crippen LogP contribution >= 0.6 is 0 Å². The minimum atomic E-state index is -0.248. The Labute approximate surface area is 148 Å². The molecule has 4 rings (SSSR count). The van der Waals surface area contributed by atoms with Crippen LogP contribution in [0, 0.1) is 0 Å². The number of pyridine rings is 2. The van der Waals surface area contributed by atoms with E-state index in [0.717, 1.165) is 5.56 Å². The van der Waals surface area contributed by atoms with Crippen LogP contribution in [-0.2, 0) is 0 Å². The van der Waals surface area contributed by atoms with Crippen molar-refractivity contribution in [2.75, 3.05) is 12.8 Å². The number of carbonyl (C=O) groups excluding carboxylic acids is 1. The molecule has 0 atom stereocenters. The molecule has 0 unspecified atom stereocenters. The fourth-order valence-corrected chi connectivity index (χ4v) is 2.69. The van der Waals surface area contributed by atoms with E-state index in [1.807, 2.05) is 24.3 Å². The lowest BCUT2D eigenvalue weighted by Crippen LogP contribution is -2.19. The first-order valence-electron chi connectivity index (χ1n) is 7.92. The summed E-state index contributed by atoms with van der Waals surface area (Å²) in [6.45, 7) is 0. The van der Waals surface area contributed by atoms with E-state index in [1.54, 1.807) is 42.3 Å². The van der Waals surface area contributed by atoms with Crippen molar-refractivity contribution in [1.82, 2.24) is 29.9 Å². The van der Waals surface area contributed by atoms with Gasteiger partial charge in [-0.25, -0.2) is 14.5 Å². The number of fused-ring (bicyclic) bond motifs is 1. The van der Waals surface area contributed by atoms with Crippen LogP contribution in [0.2, 0.25) is 0 Å². The van der Waals surface area contributed by atoms with Gasteiger partial charge in [-0.1, -0.05) is 12.1 Å². The average Bonchev–Trinajstić information content (AvgIpc) is 3.03. The van der Waals surface area contributed by atoms with Crippen molar-refractivity contribution >= 4 is 17.4 Å². The first kappa shape index (κ1) is 15.7. The van der Waals surface area contributed by atoms with Crippen LogP contribution in [0.3, 0.4) is 0 Å². The van der Waals surface area contributed by atoms with Gasteiger partial charge in [0.2, 0.25) is 0 Å². The molecule has 128 valence electrons. The maximum atomic E-state index is 11.8. The Morgan fingerprint density at radius 3 is 2.73 bits per heavy atom. The van der Waals surface area contributed by atoms with Crippen molar-refractivity contribution in [3.63, 3.8) is 0 Å². The van der Waals surface area contributed by atoms with Gasteiger partial charge in [0.25, 0.3) is 5.91 Å². The Hall–Kier alpha value is -3.81. The quantitative estimate of drug-likeness (QED) is 0.586. The zero-order chi connectivity index (χ0) is 18.1. The Morgan fingerprint density at radius 1 is 1.12 bits per heavy atom. The predicted octanol–water partition coefficient (Wildman–Crippen LogP) is 1.80. The maximum absolute atomic E-state index is 11.8. The van der Waals surface area contributed by atoms with Crippen LogP contribution in [0.4, 0.5) is 5.82 Å². The Bertz CT molecular complexity index is 1110. The molecule has 0 bridgehead atoms. The molecule has 0 saturated heterocycles. The molecule has 0 aliphatic carbocycles. The van der Waals surface area contributed by atoms with E-state index in [9.17, 15) is 4.79 Å². The van der Waals surface area contributed by atoms with Gasteiger partial charge in [0, 0.05) is 31.2 Å². The van der Waals surface area contributed by atoms with Gasteiger partial charge in [-0.05, 0) is 24.3 Å². The summed E-state index contributed by atoms with van der Waals surface area (Å²) >= 11 is 0. The molecule has 0 fully saturated rings. The third-order valence-electron chi connectivity index (χ3n) is 3.93. The Kier molecular flexibility index (Phi) is 3.77. The smallest absolute Gasteiger partial charge is 0.269 e. The molecule has 8 heteroatoms. The molecule has 0 aliphatic rings. The molecule has 0 aromatic carbocycles. The normalized spacial score (nSPS) is 10.8. The van der Waals surface area contributed by atoms with Crippen LogP contribution in [-0.4, -0.2) is 37.5 Å². The van der Waals surface area contributed by atoms with Gasteiger partial charge in [-0.3, -0.25) is 9.78 Å². The topological polar surface area (TPSA) is 111 Å². The summed E-state index contributed by atoms with van der Waals surface area (Å²) in [6.07, 6.45) is 5.15. The summed E-state index contributed by atoms with van der Waals surface area (Å²) in [5, 5.41) is 6.89. The van der Waals surface area contributed by atoms with Gasteiger partial charge < -0.3 is 11.1 Å². The van der Waals surface area contributed by atoms with Crippen LogP contribution in [0.1, 0.15) is 10.5 Å². The van der Waals surface area contributed by atoms with Gasteiger partial charge in [-0.2, -0.15) is 0 Å². The number of aromatic nitrogens is 5. The molecule has 26 heavy (non-hydrogen) atoms. The third kappa shape index (κ3) is 2.63. The number of nitrogens with two attached hydrogens (primary N) is 1. The lowest BCUT2D eigenvalue weighted by Gasteiger charge is -2.04. The highest BCUT2D eigenvalue weighted by molar-refractivity contribution is 5.92. The second-order valence-corrected chi connectivity index (χ2v) is 5.57. The van der Waals surface area contributed by atoms with Gasteiger partial charge >= 0.3 is 0 Å². The first-order valence-corrected chi connectivity index (χ1v) is 7.92. The molecule has 0 radical (unpaired) electrons. The number of rotatable bonds is 3. The van der Waals surface area contributed by atoms with Gasteiger partial charge in [0.15, 0.2) is 11.5 Å². The number of hydrogen-bond acceptors (Lipinski definition) is 6. The summed E-state index contributed by atoms with van der Waals surface area (Å²) in [7, 11) is 1.57. The van der Waals surface area contributed by atoms with Gasteiger partial charge in [-0.15, -0.1) is 5.10 Å². The maximum Gasteiger partial charge on any atom is 0.269 e. The van der Waals surface area contributed by atoms with Crippen molar-refractivity contribution in [3.8, 4) is 22.5 Å². The van der Waals surface area contributed by atoms with Crippen molar-refractivity contribution in [2.45, 2.75) is 0 Å². The molecule has 0 spiro atoms. The number of nitrogen functional groups attached to an aromatic ring is 1. The van der Waals surface area contributed by atoms with E-state index in [4.69, 9.17) is 5.73 Å². The molecule has 4 aromatic heterocycles. The summed E-state index contributed by atoms with van der Waals surface area (Å²) in [4.78, 5) is 25.0. The average molecular weight is 345 g/mol. The number of nitrogens with zero attached hydrogens (tertiary/aromatic N) is 5. The van der Waals surface area contributed by atoms with E-state index < -0.39 is 0 Å². The van der Waals surface area contributed by atoms with Crippen LogP contribution in [0.5, 0.6) is 0 Å². The van der Waals surface area contributed by atoms with E-state index in [-0.39, 0.29) is 5.91 Å². The predicted molar refractivity (Wildman–Crippen MR) is 97.3 cm³/mol. The molecule has 4 heterocycles. The van der Waals surface area contributed by atoms with Crippen molar-refractivity contribution in [3.05, 3.63) is 60.7 Å². The highest BCUT2D eigenvalue weighted by atomic mass is 16.1. The second kappa shape index (κ2) is 6.25. The van der Waals surface area contributed by atoms with E-state index in [1.165, 1.54) is 0 Å². The Morgan fingerprint density at radius 2 is 1.96 bits per heavy atom. The summed E-state index contributed by atoms with van der Waals surface area (Å²) < 4.78 is 1.60. The zero-order valence-electron chi connectivity index (χ0n) is 13.9. The number of nitrogens with one attached hydrogen (secondary N) is 1. The fraction of sp³-hybridized carbons (Fsp3) is 0.0556. The largest absolute Gasteiger partial charge is 0.382 e. The molecule has 3 N–H and O–H groups in total. The van der Waals surface area contributed by atoms with Crippen molar-refractivity contribution in [2.24, 2.45) is 0 Å². The monoisotopic (exact) mass is 345 g/mol. The van der Waals surface area contributed by atoms with E-state index >= 15 is 0 Å². The SMILES string of the molecule is CNC(=O)c1cccc(-c2cnc3c(-c4ccccn4)c(N)nn3c2)n1. The summed E-state index contributed by atoms with van der Waals surface area (Å²) in [5.74, 6) is 0.0991. The number of anilines is 1. The minimum Gasteiger partial charge on any atom is -0.382 e. The first-order chi connectivity index (χ1) is 12.7. The molecule has 0 aliphatic heterocycles. The second-order valence-electron chi connectivity index (χ2n) is 5.57. The van der Waals surface area contributed by atoms with Crippen molar-refractivity contribution in [1.29, 1.82) is 0 Å². The number of amides is 1. The summed E-state index contributed by atoms with van der Waals surface area (Å²) in [5.41, 5.74) is 9.75. The highest BCUT2D eigenvalue weighted by Crippen LogP contribution is 2.28. The lowest BCUT2D eigenvalue weighted by atomic mass is 10.2. The minimum absolute atomic E-state index is 0.248. The molecule has 1 amide bonds. The lowest BCUT2D eigenvalue weighted by molar-refractivity contribution is 0.0958. The van der Waals surface area contributed by atoms with Crippen LogP contribution < -0.4 is 11.1 Å². The van der Waals surface area contributed by atoms with E-state index in [0.29, 0.717) is 34.1 Å². The van der Waals surface area contributed by atoms with Gasteiger partial charge in [0.1, 0.15) is 5.69 Å². The van der Waals surface area contributed by atoms with Crippen molar-refractivity contribution < 1.29 is 4.79 Å². The standard InChI is InChI=1S/C18H15N7O/c1-20-18(26)14-7-4-6-12(23-14)11-9-22-17-15(13-5-2-3-8-21-13)16(19)24-25(17)10-11/h2-10H,1H3,(H2,19,24)(H,20,26). The molecule has 4 aromatic rings. The van der Waals surface area contributed by atoms with Crippen LogP contribution in [0.25, 0.3) is 28.2 Å². The van der Waals surface area contributed by atoms with Gasteiger partial charge in [0.05, 0.1) is 17.0 Å². The summed E-state index contributed by atoms with van der Waals surface area (Å²) in [6, 6.07) is 10.8. The number of hydrogen-bond donors (Lipinski definition) is 2. The Balaban J connectivity index is 1.82. The molecule has 0 saturated carbocycles. The molecular weight excluding hydrogens is 330 g/mol. The number of carbonyl (C=O) groups is 1. The van der Waals surface area contributed by atoms with Crippen LogP contribution in [0.15, 0.2) is 55.0 Å². The molecule has 8 nitrogen and oxygen atoms in total. The zero-order valence-corrected chi connectivity index (χ0v) is 13.9. The fourth-order valence-electron chi connectivity index (χ4n) is 2.69. The third-order valence-corrected chi connectivity index (χ3v) is 3.93. The highest BCUT2D eigenvalue weighted by Gasteiger charge is 2.16. The molecular formula is C18H15N7O. The van der Waals surface area contributed by atoms with E-state index in [2.05, 4.69) is 25.4 Å².